The zero-order valence-corrected chi connectivity index (χ0v) is 14.7. The van der Waals surface area contributed by atoms with Crippen LogP contribution < -0.4 is 10.4 Å². The first kappa shape index (κ1) is 17.5. The molecular weight excluding hydrogens is 320 g/mol. The summed E-state index contributed by atoms with van der Waals surface area (Å²) in [6, 6.07) is 8.31. The van der Waals surface area contributed by atoms with Crippen molar-refractivity contribution in [3.63, 3.8) is 0 Å². The predicted octanol–water partition coefficient (Wildman–Crippen LogP) is 1.97. The first-order valence-electron chi connectivity index (χ1n) is 8.68. The van der Waals surface area contributed by atoms with Crippen molar-refractivity contribution in [1.29, 1.82) is 0 Å². The number of carbonyl (C=O) groups excluding carboxylic acids is 1. The van der Waals surface area contributed by atoms with Gasteiger partial charge < -0.3 is 14.1 Å². The van der Waals surface area contributed by atoms with E-state index < -0.39 is 5.63 Å². The number of hydrogen-bond donors (Lipinski definition) is 0. The standard InChI is InChI=1S/C19H24N2O4/c1-14(2)12-20-7-9-21(10-8-20)18(22)13-24-16-5-3-15-4-6-19(23)25-17(15)11-16/h3-6,11,14H,7-10,12-13H2,1-2H3. The number of fused-ring (bicyclic) bond motifs is 1. The van der Waals surface area contributed by atoms with E-state index >= 15 is 0 Å². The Hall–Kier alpha value is -2.34. The van der Waals surface area contributed by atoms with Crippen LogP contribution in [0.1, 0.15) is 13.8 Å². The van der Waals surface area contributed by atoms with Crippen LogP contribution in [0, 0.1) is 5.92 Å². The minimum atomic E-state index is -0.403. The molecule has 1 saturated heterocycles. The Labute approximate surface area is 147 Å². The molecule has 0 saturated carbocycles. The van der Waals surface area contributed by atoms with E-state index in [2.05, 4.69) is 18.7 Å². The monoisotopic (exact) mass is 344 g/mol. The van der Waals surface area contributed by atoms with Gasteiger partial charge in [0.1, 0.15) is 11.3 Å². The molecule has 1 aliphatic heterocycles. The summed E-state index contributed by atoms with van der Waals surface area (Å²) in [4.78, 5) is 27.9. The highest BCUT2D eigenvalue weighted by Crippen LogP contribution is 2.19. The molecule has 0 unspecified atom stereocenters. The topological polar surface area (TPSA) is 63.0 Å². The number of rotatable bonds is 5. The molecule has 0 radical (unpaired) electrons. The van der Waals surface area contributed by atoms with Crippen LogP contribution >= 0.6 is 0 Å². The van der Waals surface area contributed by atoms with E-state index in [1.54, 1.807) is 18.2 Å². The summed E-state index contributed by atoms with van der Waals surface area (Å²) in [5, 5.41) is 0.819. The molecule has 0 aliphatic carbocycles. The largest absolute Gasteiger partial charge is 0.484 e. The second-order valence-corrected chi connectivity index (χ2v) is 6.82. The lowest BCUT2D eigenvalue weighted by Crippen LogP contribution is -2.50. The van der Waals surface area contributed by atoms with Crippen LogP contribution in [0.3, 0.4) is 0 Å². The Kier molecular flexibility index (Phi) is 5.38. The van der Waals surface area contributed by atoms with Gasteiger partial charge >= 0.3 is 5.63 Å². The quantitative estimate of drug-likeness (QED) is 0.776. The van der Waals surface area contributed by atoms with Crippen LogP contribution in [0.5, 0.6) is 5.75 Å². The number of nitrogens with zero attached hydrogens (tertiary/aromatic N) is 2. The Bertz CT molecular complexity index is 791. The van der Waals surface area contributed by atoms with E-state index in [-0.39, 0.29) is 12.5 Å². The maximum Gasteiger partial charge on any atom is 0.336 e. The smallest absolute Gasteiger partial charge is 0.336 e. The summed E-state index contributed by atoms with van der Waals surface area (Å²) in [6.45, 7) is 8.76. The maximum atomic E-state index is 12.3. The van der Waals surface area contributed by atoms with Crippen molar-refractivity contribution in [1.82, 2.24) is 9.80 Å². The average molecular weight is 344 g/mol. The molecular formula is C19H24N2O4. The third-order valence-corrected chi connectivity index (χ3v) is 4.31. The zero-order chi connectivity index (χ0) is 17.8. The molecule has 1 aromatic carbocycles. The lowest BCUT2D eigenvalue weighted by Gasteiger charge is -2.35. The first-order chi connectivity index (χ1) is 12.0. The maximum absolute atomic E-state index is 12.3. The summed E-state index contributed by atoms with van der Waals surface area (Å²) in [5.41, 5.74) is 0.0553. The van der Waals surface area contributed by atoms with Crippen molar-refractivity contribution < 1.29 is 13.9 Å². The number of amides is 1. The van der Waals surface area contributed by atoms with Gasteiger partial charge in [0.15, 0.2) is 6.61 Å². The molecule has 134 valence electrons. The predicted molar refractivity (Wildman–Crippen MR) is 95.8 cm³/mol. The van der Waals surface area contributed by atoms with Gasteiger partial charge in [0.05, 0.1) is 0 Å². The van der Waals surface area contributed by atoms with Crippen molar-refractivity contribution in [2.24, 2.45) is 5.92 Å². The van der Waals surface area contributed by atoms with Crippen LogP contribution in [-0.4, -0.2) is 55.0 Å². The molecule has 1 fully saturated rings. The normalized spacial score (nSPS) is 15.7. The lowest BCUT2D eigenvalue weighted by molar-refractivity contribution is -0.135. The minimum absolute atomic E-state index is 0.00719. The van der Waals surface area contributed by atoms with Crippen molar-refractivity contribution in [2.75, 3.05) is 39.3 Å². The van der Waals surface area contributed by atoms with E-state index in [4.69, 9.17) is 9.15 Å². The number of carbonyl (C=O) groups is 1. The van der Waals surface area contributed by atoms with E-state index in [1.807, 2.05) is 11.0 Å². The fourth-order valence-corrected chi connectivity index (χ4v) is 3.06. The molecule has 1 aromatic heterocycles. The second-order valence-electron chi connectivity index (χ2n) is 6.82. The van der Waals surface area contributed by atoms with Gasteiger partial charge in [-0.1, -0.05) is 13.8 Å². The average Bonchev–Trinajstić information content (AvgIpc) is 2.59. The zero-order valence-electron chi connectivity index (χ0n) is 14.7. The summed E-state index contributed by atoms with van der Waals surface area (Å²) in [7, 11) is 0. The molecule has 2 heterocycles. The van der Waals surface area contributed by atoms with Crippen molar-refractivity contribution in [3.05, 3.63) is 40.8 Å². The highest BCUT2D eigenvalue weighted by molar-refractivity contribution is 5.79. The molecule has 3 rings (SSSR count). The highest BCUT2D eigenvalue weighted by atomic mass is 16.5. The summed E-state index contributed by atoms with van der Waals surface area (Å²) >= 11 is 0. The Morgan fingerprint density at radius 1 is 1.16 bits per heavy atom. The van der Waals surface area contributed by atoms with Gasteiger partial charge in [0.25, 0.3) is 5.91 Å². The second kappa shape index (κ2) is 7.70. The van der Waals surface area contributed by atoms with E-state index in [0.717, 1.165) is 38.1 Å². The lowest BCUT2D eigenvalue weighted by atomic mass is 10.2. The third kappa shape index (κ3) is 4.60. The number of hydrogen-bond acceptors (Lipinski definition) is 5. The van der Waals surface area contributed by atoms with Gasteiger partial charge in [0.2, 0.25) is 0 Å². The molecule has 0 spiro atoms. The number of ether oxygens (including phenoxy) is 1. The number of benzene rings is 1. The summed E-state index contributed by atoms with van der Waals surface area (Å²) in [5.74, 6) is 1.14. The van der Waals surface area contributed by atoms with Crippen LogP contribution in [0.25, 0.3) is 11.0 Å². The molecule has 6 heteroatoms. The minimum Gasteiger partial charge on any atom is -0.484 e. The summed E-state index contributed by atoms with van der Waals surface area (Å²) < 4.78 is 10.7. The Morgan fingerprint density at radius 2 is 1.88 bits per heavy atom. The Balaban J connectivity index is 1.53. The van der Waals surface area contributed by atoms with Gasteiger partial charge in [-0.2, -0.15) is 0 Å². The van der Waals surface area contributed by atoms with E-state index in [0.29, 0.717) is 17.3 Å². The molecule has 0 atom stereocenters. The van der Waals surface area contributed by atoms with Gasteiger partial charge in [-0.3, -0.25) is 9.69 Å². The van der Waals surface area contributed by atoms with Crippen molar-refractivity contribution in [2.45, 2.75) is 13.8 Å². The van der Waals surface area contributed by atoms with E-state index in [9.17, 15) is 9.59 Å². The van der Waals surface area contributed by atoms with Gasteiger partial charge in [-0.05, 0) is 24.1 Å². The first-order valence-corrected chi connectivity index (χ1v) is 8.68. The molecule has 25 heavy (non-hydrogen) atoms. The molecule has 0 N–H and O–H groups in total. The van der Waals surface area contributed by atoms with Gasteiger partial charge in [-0.15, -0.1) is 0 Å². The fourth-order valence-electron chi connectivity index (χ4n) is 3.06. The molecule has 0 bridgehead atoms. The summed E-state index contributed by atoms with van der Waals surface area (Å²) in [6.07, 6.45) is 0. The molecule has 2 aromatic rings. The van der Waals surface area contributed by atoms with Gasteiger partial charge in [0, 0.05) is 50.2 Å². The number of piperazine rings is 1. The molecule has 1 aliphatic rings. The SMILES string of the molecule is CC(C)CN1CCN(C(=O)COc2ccc3ccc(=O)oc3c2)CC1. The Morgan fingerprint density at radius 3 is 2.60 bits per heavy atom. The fraction of sp³-hybridized carbons (Fsp3) is 0.474. The molecule has 6 nitrogen and oxygen atoms in total. The van der Waals surface area contributed by atoms with Crippen LogP contribution in [-0.2, 0) is 4.79 Å². The highest BCUT2D eigenvalue weighted by Gasteiger charge is 2.21. The van der Waals surface area contributed by atoms with Crippen LogP contribution in [0.2, 0.25) is 0 Å². The van der Waals surface area contributed by atoms with Gasteiger partial charge in [-0.25, -0.2) is 4.79 Å². The van der Waals surface area contributed by atoms with Crippen molar-refractivity contribution >= 4 is 16.9 Å². The third-order valence-electron chi connectivity index (χ3n) is 4.31. The van der Waals surface area contributed by atoms with Crippen LogP contribution in [0.4, 0.5) is 0 Å². The molecule has 1 amide bonds. The van der Waals surface area contributed by atoms with E-state index in [1.165, 1.54) is 6.07 Å². The van der Waals surface area contributed by atoms with Crippen LogP contribution in [0.15, 0.2) is 39.5 Å². The van der Waals surface area contributed by atoms with Crippen molar-refractivity contribution in [3.8, 4) is 5.75 Å².